The molecule has 1 N–H and O–H groups in total. The topological polar surface area (TPSA) is 36.4 Å². The van der Waals surface area contributed by atoms with E-state index < -0.39 is 5.60 Å². The third-order valence-corrected chi connectivity index (χ3v) is 4.80. The molecule has 1 aliphatic rings. The highest BCUT2D eigenvalue weighted by Crippen LogP contribution is 2.32. The van der Waals surface area contributed by atoms with Crippen LogP contribution in [0.15, 0.2) is 54.7 Å². The van der Waals surface area contributed by atoms with Gasteiger partial charge in [-0.25, -0.2) is 0 Å². The minimum Gasteiger partial charge on any atom is -0.379 e. The second-order valence-electron chi connectivity index (χ2n) is 6.45. The standard InChI is InChI=1S/C20H26N2O/c23-20(18-10-3-1-4-11-18,19-12-5-6-14-21-19)13-9-17-22-15-7-2-8-16-22/h1,3-6,10-12,14,23H,2,7-9,13,15-17H2/t20-/m1/s1. The lowest BCUT2D eigenvalue weighted by atomic mass is 9.85. The first kappa shape index (κ1) is 16.2. The molecule has 0 radical (unpaired) electrons. The summed E-state index contributed by atoms with van der Waals surface area (Å²) in [5.74, 6) is 0. The van der Waals surface area contributed by atoms with Gasteiger partial charge in [-0.2, -0.15) is 0 Å². The predicted molar refractivity (Wildman–Crippen MR) is 93.2 cm³/mol. The minimum atomic E-state index is -1.00. The van der Waals surface area contributed by atoms with Crippen LogP contribution >= 0.6 is 0 Å². The zero-order chi connectivity index (χ0) is 16.0. The fraction of sp³-hybridized carbons (Fsp3) is 0.450. The van der Waals surface area contributed by atoms with Gasteiger partial charge < -0.3 is 10.0 Å². The van der Waals surface area contributed by atoms with E-state index >= 15 is 0 Å². The summed E-state index contributed by atoms with van der Waals surface area (Å²) in [5, 5.41) is 11.4. The van der Waals surface area contributed by atoms with E-state index in [4.69, 9.17) is 0 Å². The number of piperidine rings is 1. The van der Waals surface area contributed by atoms with Gasteiger partial charge >= 0.3 is 0 Å². The summed E-state index contributed by atoms with van der Waals surface area (Å²) in [6.45, 7) is 3.46. The van der Waals surface area contributed by atoms with Crippen LogP contribution in [-0.2, 0) is 5.60 Å². The maximum Gasteiger partial charge on any atom is 0.131 e. The minimum absolute atomic E-state index is 0.699. The normalized spacial score (nSPS) is 18.5. The van der Waals surface area contributed by atoms with Crippen LogP contribution in [0.3, 0.4) is 0 Å². The quantitative estimate of drug-likeness (QED) is 0.886. The molecule has 0 aliphatic carbocycles. The molecule has 1 aromatic carbocycles. The summed E-state index contributed by atoms with van der Waals surface area (Å²) in [5.41, 5.74) is 0.667. The lowest BCUT2D eigenvalue weighted by Crippen LogP contribution is -2.33. The zero-order valence-corrected chi connectivity index (χ0v) is 13.7. The van der Waals surface area contributed by atoms with Crippen molar-refractivity contribution in [1.29, 1.82) is 0 Å². The Morgan fingerprint density at radius 2 is 1.70 bits per heavy atom. The number of aromatic nitrogens is 1. The van der Waals surface area contributed by atoms with Crippen LogP contribution in [0.1, 0.15) is 43.4 Å². The van der Waals surface area contributed by atoms with Gasteiger partial charge in [0.2, 0.25) is 0 Å². The molecule has 1 aliphatic heterocycles. The molecule has 3 heteroatoms. The van der Waals surface area contributed by atoms with Crippen molar-refractivity contribution < 1.29 is 5.11 Å². The second kappa shape index (κ2) is 7.71. The van der Waals surface area contributed by atoms with Gasteiger partial charge in [0.25, 0.3) is 0 Å². The molecule has 2 heterocycles. The van der Waals surface area contributed by atoms with Gasteiger partial charge in [-0.05, 0) is 63.0 Å². The van der Waals surface area contributed by atoms with E-state index in [0.29, 0.717) is 6.42 Å². The highest BCUT2D eigenvalue weighted by molar-refractivity contribution is 5.31. The van der Waals surface area contributed by atoms with Crippen molar-refractivity contribution >= 4 is 0 Å². The van der Waals surface area contributed by atoms with Crippen molar-refractivity contribution in [2.45, 2.75) is 37.7 Å². The fourth-order valence-corrected chi connectivity index (χ4v) is 3.48. The molecule has 1 atom stereocenters. The predicted octanol–water partition coefficient (Wildman–Crippen LogP) is 3.58. The SMILES string of the molecule is O[C@](CCCN1CCCCC1)(c1ccccc1)c1ccccn1. The molecule has 1 saturated heterocycles. The molecule has 0 unspecified atom stereocenters. The number of rotatable bonds is 6. The van der Waals surface area contributed by atoms with E-state index in [1.807, 2.05) is 48.5 Å². The molecule has 0 saturated carbocycles. The number of hydrogen-bond donors (Lipinski definition) is 1. The molecule has 1 fully saturated rings. The molecular weight excluding hydrogens is 284 g/mol. The molecule has 122 valence electrons. The molecule has 23 heavy (non-hydrogen) atoms. The largest absolute Gasteiger partial charge is 0.379 e. The monoisotopic (exact) mass is 310 g/mol. The van der Waals surface area contributed by atoms with Gasteiger partial charge in [0, 0.05) is 6.20 Å². The first-order valence-electron chi connectivity index (χ1n) is 8.71. The van der Waals surface area contributed by atoms with Gasteiger partial charge in [0.1, 0.15) is 5.60 Å². The van der Waals surface area contributed by atoms with Crippen LogP contribution in [-0.4, -0.2) is 34.6 Å². The Morgan fingerprint density at radius 1 is 0.957 bits per heavy atom. The summed E-state index contributed by atoms with van der Waals surface area (Å²) in [6, 6.07) is 15.7. The Hall–Kier alpha value is -1.71. The van der Waals surface area contributed by atoms with Crippen LogP contribution < -0.4 is 0 Å². The van der Waals surface area contributed by atoms with E-state index in [-0.39, 0.29) is 0 Å². The number of benzene rings is 1. The molecular formula is C20H26N2O. The highest BCUT2D eigenvalue weighted by atomic mass is 16.3. The third-order valence-electron chi connectivity index (χ3n) is 4.80. The Balaban J connectivity index is 1.73. The first-order valence-corrected chi connectivity index (χ1v) is 8.71. The number of aliphatic hydroxyl groups is 1. The van der Waals surface area contributed by atoms with Gasteiger partial charge in [-0.15, -0.1) is 0 Å². The van der Waals surface area contributed by atoms with Crippen LogP contribution in [0.4, 0.5) is 0 Å². The van der Waals surface area contributed by atoms with Crippen molar-refractivity contribution in [3.63, 3.8) is 0 Å². The van der Waals surface area contributed by atoms with Gasteiger partial charge in [-0.1, -0.05) is 42.8 Å². The van der Waals surface area contributed by atoms with Crippen LogP contribution in [0.5, 0.6) is 0 Å². The Morgan fingerprint density at radius 3 is 2.39 bits per heavy atom. The van der Waals surface area contributed by atoms with Crippen molar-refractivity contribution in [3.05, 3.63) is 66.0 Å². The van der Waals surface area contributed by atoms with Crippen molar-refractivity contribution in [2.75, 3.05) is 19.6 Å². The summed E-state index contributed by atoms with van der Waals surface area (Å²) in [7, 11) is 0. The highest BCUT2D eigenvalue weighted by Gasteiger charge is 2.32. The summed E-state index contributed by atoms with van der Waals surface area (Å²) < 4.78 is 0. The maximum absolute atomic E-state index is 11.4. The summed E-state index contributed by atoms with van der Waals surface area (Å²) in [6.07, 6.45) is 7.41. The Bertz CT molecular complexity index is 540. The molecule has 0 spiro atoms. The molecule has 1 aromatic heterocycles. The lowest BCUT2D eigenvalue weighted by molar-refractivity contribution is 0.0595. The number of likely N-dealkylation sites (tertiary alicyclic amines) is 1. The smallest absolute Gasteiger partial charge is 0.131 e. The molecule has 3 rings (SSSR count). The number of nitrogens with zero attached hydrogens (tertiary/aromatic N) is 2. The number of pyridine rings is 1. The maximum atomic E-state index is 11.4. The van der Waals surface area contributed by atoms with Gasteiger partial charge in [0.15, 0.2) is 0 Å². The van der Waals surface area contributed by atoms with Crippen LogP contribution in [0.25, 0.3) is 0 Å². The van der Waals surface area contributed by atoms with E-state index in [1.54, 1.807) is 6.20 Å². The first-order chi connectivity index (χ1) is 11.3. The van der Waals surface area contributed by atoms with Crippen molar-refractivity contribution in [1.82, 2.24) is 9.88 Å². The van der Waals surface area contributed by atoms with Gasteiger partial charge in [-0.3, -0.25) is 4.98 Å². The molecule has 3 nitrogen and oxygen atoms in total. The lowest BCUT2D eigenvalue weighted by Gasteiger charge is -2.31. The second-order valence-corrected chi connectivity index (χ2v) is 6.45. The average molecular weight is 310 g/mol. The third kappa shape index (κ3) is 3.98. The van der Waals surface area contributed by atoms with Crippen LogP contribution in [0.2, 0.25) is 0 Å². The van der Waals surface area contributed by atoms with E-state index in [1.165, 1.54) is 32.4 Å². The average Bonchev–Trinajstić information content (AvgIpc) is 2.64. The Labute approximate surface area is 139 Å². The molecule has 0 amide bonds. The Kier molecular flexibility index (Phi) is 5.42. The van der Waals surface area contributed by atoms with E-state index in [2.05, 4.69) is 9.88 Å². The van der Waals surface area contributed by atoms with E-state index in [9.17, 15) is 5.11 Å². The summed E-state index contributed by atoms with van der Waals surface area (Å²) >= 11 is 0. The van der Waals surface area contributed by atoms with Gasteiger partial charge in [0.05, 0.1) is 5.69 Å². The van der Waals surface area contributed by atoms with Crippen LogP contribution in [0, 0.1) is 0 Å². The molecule has 2 aromatic rings. The zero-order valence-electron chi connectivity index (χ0n) is 13.7. The van der Waals surface area contributed by atoms with Crippen molar-refractivity contribution in [3.8, 4) is 0 Å². The number of hydrogen-bond acceptors (Lipinski definition) is 3. The summed E-state index contributed by atoms with van der Waals surface area (Å²) in [4.78, 5) is 6.95. The van der Waals surface area contributed by atoms with Crippen molar-refractivity contribution in [2.24, 2.45) is 0 Å². The van der Waals surface area contributed by atoms with E-state index in [0.717, 1.165) is 24.2 Å². The molecule has 0 bridgehead atoms. The fourth-order valence-electron chi connectivity index (χ4n) is 3.48.